The average molecular weight is 213 g/mol. The second-order valence-electron chi connectivity index (χ2n) is 5.35. The van der Waals surface area contributed by atoms with Gasteiger partial charge < -0.3 is 9.53 Å². The Kier molecular flexibility index (Phi) is 4.29. The Bertz CT molecular complexity index is 220. The molecule has 0 radical (unpaired) electrons. The van der Waals surface area contributed by atoms with Crippen LogP contribution in [0.3, 0.4) is 0 Å². The lowest BCUT2D eigenvalue weighted by atomic mass is 10.0. The van der Waals surface area contributed by atoms with Gasteiger partial charge in [0.25, 0.3) is 0 Å². The van der Waals surface area contributed by atoms with Gasteiger partial charge in [-0.3, -0.25) is 4.90 Å². The minimum Gasteiger partial charge on any atom is -0.376 e. The number of ether oxygens (including phenoxy) is 1. The lowest BCUT2D eigenvalue weighted by Gasteiger charge is -2.41. The molecular weight excluding hydrogens is 190 g/mol. The highest BCUT2D eigenvalue weighted by molar-refractivity contribution is 5.75. The molecule has 0 aromatic carbocycles. The third-order valence-electron chi connectivity index (χ3n) is 2.91. The molecule has 0 aromatic rings. The molecule has 1 aliphatic heterocycles. The first-order chi connectivity index (χ1) is 6.89. The van der Waals surface area contributed by atoms with Crippen molar-refractivity contribution in [2.24, 2.45) is 0 Å². The van der Waals surface area contributed by atoms with Crippen molar-refractivity contribution in [3.8, 4) is 0 Å². The van der Waals surface area contributed by atoms with Crippen LogP contribution in [-0.2, 0) is 9.53 Å². The van der Waals surface area contributed by atoms with Crippen molar-refractivity contribution in [1.29, 1.82) is 0 Å². The fraction of sp³-hybridized carbons (Fsp3) is 0.917. The molecule has 88 valence electrons. The van der Waals surface area contributed by atoms with Crippen LogP contribution in [0, 0.1) is 0 Å². The number of Topliss-reactive ketones (excluding diaryl/α,β-unsaturated/α-hetero) is 1. The molecule has 0 aromatic heterocycles. The maximum atomic E-state index is 10.9. The average Bonchev–Trinajstić information content (AvgIpc) is 2.14. The van der Waals surface area contributed by atoms with E-state index in [0.717, 1.165) is 26.1 Å². The van der Waals surface area contributed by atoms with E-state index in [4.69, 9.17) is 4.74 Å². The number of carbonyl (C=O) groups excluding carboxylic acids is 1. The molecule has 1 saturated heterocycles. The summed E-state index contributed by atoms with van der Waals surface area (Å²) in [5.41, 5.74) is 0.207. The molecule has 1 unspecified atom stereocenters. The maximum absolute atomic E-state index is 10.9. The quantitative estimate of drug-likeness (QED) is 0.716. The van der Waals surface area contributed by atoms with E-state index in [0.29, 0.717) is 6.42 Å². The number of hydrogen-bond donors (Lipinski definition) is 0. The van der Waals surface area contributed by atoms with E-state index in [-0.39, 0.29) is 17.4 Å². The van der Waals surface area contributed by atoms with E-state index in [1.54, 1.807) is 6.92 Å². The Labute approximate surface area is 92.8 Å². The first-order valence-corrected chi connectivity index (χ1v) is 5.75. The van der Waals surface area contributed by atoms with Crippen molar-refractivity contribution >= 4 is 5.78 Å². The summed E-state index contributed by atoms with van der Waals surface area (Å²) in [5, 5.41) is 0. The highest BCUT2D eigenvalue weighted by Crippen LogP contribution is 2.19. The Morgan fingerprint density at radius 1 is 1.47 bits per heavy atom. The summed E-state index contributed by atoms with van der Waals surface area (Å²) in [4.78, 5) is 13.3. The van der Waals surface area contributed by atoms with E-state index < -0.39 is 0 Å². The molecule has 1 aliphatic rings. The molecule has 1 heterocycles. The molecule has 0 saturated carbocycles. The fourth-order valence-electron chi connectivity index (χ4n) is 1.87. The molecular formula is C12H23NO2. The van der Waals surface area contributed by atoms with Gasteiger partial charge >= 0.3 is 0 Å². The van der Waals surface area contributed by atoms with Crippen molar-refractivity contribution < 1.29 is 9.53 Å². The van der Waals surface area contributed by atoms with Gasteiger partial charge in [-0.05, 0) is 34.1 Å². The highest BCUT2D eigenvalue weighted by atomic mass is 16.5. The van der Waals surface area contributed by atoms with Crippen molar-refractivity contribution in [3.05, 3.63) is 0 Å². The predicted molar refractivity (Wildman–Crippen MR) is 61.0 cm³/mol. The number of rotatable bonds is 3. The maximum Gasteiger partial charge on any atom is 0.129 e. The van der Waals surface area contributed by atoms with Gasteiger partial charge in [-0.25, -0.2) is 0 Å². The molecule has 0 bridgehead atoms. The van der Waals surface area contributed by atoms with Crippen LogP contribution >= 0.6 is 0 Å². The SMILES string of the molecule is CC(=O)CCC1CN(C(C)(C)C)CCO1. The number of nitrogens with zero attached hydrogens (tertiary/aromatic N) is 1. The standard InChI is InChI=1S/C12H23NO2/c1-10(14)5-6-11-9-13(7-8-15-11)12(2,3)4/h11H,5-9H2,1-4H3. The second-order valence-corrected chi connectivity index (χ2v) is 5.35. The summed E-state index contributed by atoms with van der Waals surface area (Å²) in [6, 6.07) is 0. The number of carbonyl (C=O) groups is 1. The first-order valence-electron chi connectivity index (χ1n) is 5.75. The van der Waals surface area contributed by atoms with Crippen LogP contribution in [0.25, 0.3) is 0 Å². The zero-order valence-electron chi connectivity index (χ0n) is 10.4. The smallest absolute Gasteiger partial charge is 0.129 e. The van der Waals surface area contributed by atoms with Gasteiger partial charge in [0.2, 0.25) is 0 Å². The van der Waals surface area contributed by atoms with Gasteiger partial charge in [0, 0.05) is 25.0 Å². The molecule has 3 heteroatoms. The molecule has 0 spiro atoms. The third kappa shape index (κ3) is 4.31. The van der Waals surface area contributed by atoms with Gasteiger partial charge in [0.1, 0.15) is 5.78 Å². The molecule has 3 nitrogen and oxygen atoms in total. The molecule has 1 rings (SSSR count). The summed E-state index contributed by atoms with van der Waals surface area (Å²) in [6.07, 6.45) is 1.74. The molecule has 0 N–H and O–H groups in total. The number of hydrogen-bond acceptors (Lipinski definition) is 3. The Morgan fingerprint density at radius 3 is 2.67 bits per heavy atom. The van der Waals surface area contributed by atoms with Crippen LogP contribution in [0.4, 0.5) is 0 Å². The number of morpholine rings is 1. The minimum atomic E-state index is 0.207. The fourth-order valence-corrected chi connectivity index (χ4v) is 1.87. The first kappa shape index (κ1) is 12.7. The van der Waals surface area contributed by atoms with Crippen LogP contribution in [-0.4, -0.2) is 42.0 Å². The summed E-state index contributed by atoms with van der Waals surface area (Å²) in [6.45, 7) is 11.1. The van der Waals surface area contributed by atoms with Crippen LogP contribution in [0.1, 0.15) is 40.5 Å². The van der Waals surface area contributed by atoms with Crippen molar-refractivity contribution in [2.75, 3.05) is 19.7 Å². The van der Waals surface area contributed by atoms with Crippen LogP contribution in [0.15, 0.2) is 0 Å². The zero-order valence-corrected chi connectivity index (χ0v) is 10.4. The van der Waals surface area contributed by atoms with Gasteiger partial charge in [0.05, 0.1) is 12.7 Å². The molecule has 0 aliphatic carbocycles. The van der Waals surface area contributed by atoms with Crippen molar-refractivity contribution in [2.45, 2.75) is 52.2 Å². The van der Waals surface area contributed by atoms with E-state index in [2.05, 4.69) is 25.7 Å². The van der Waals surface area contributed by atoms with Crippen LogP contribution in [0.5, 0.6) is 0 Å². The van der Waals surface area contributed by atoms with Gasteiger partial charge in [-0.1, -0.05) is 0 Å². The Hall–Kier alpha value is -0.410. The normalized spacial score (nSPS) is 24.1. The summed E-state index contributed by atoms with van der Waals surface area (Å²) in [5.74, 6) is 0.256. The van der Waals surface area contributed by atoms with Crippen LogP contribution in [0.2, 0.25) is 0 Å². The van der Waals surface area contributed by atoms with E-state index >= 15 is 0 Å². The Morgan fingerprint density at radius 2 is 2.13 bits per heavy atom. The molecule has 15 heavy (non-hydrogen) atoms. The third-order valence-corrected chi connectivity index (χ3v) is 2.91. The van der Waals surface area contributed by atoms with Gasteiger partial charge in [-0.15, -0.1) is 0 Å². The van der Waals surface area contributed by atoms with E-state index in [9.17, 15) is 4.79 Å². The van der Waals surface area contributed by atoms with E-state index in [1.807, 2.05) is 0 Å². The highest BCUT2D eigenvalue weighted by Gasteiger charge is 2.28. The Balaban J connectivity index is 2.39. The lowest BCUT2D eigenvalue weighted by molar-refractivity contribution is -0.118. The molecule has 0 amide bonds. The van der Waals surface area contributed by atoms with Crippen molar-refractivity contribution in [1.82, 2.24) is 4.90 Å². The monoisotopic (exact) mass is 213 g/mol. The number of ketones is 1. The summed E-state index contributed by atoms with van der Waals surface area (Å²) < 4.78 is 5.66. The lowest BCUT2D eigenvalue weighted by Crippen LogP contribution is -2.51. The summed E-state index contributed by atoms with van der Waals surface area (Å²) in [7, 11) is 0. The van der Waals surface area contributed by atoms with Gasteiger partial charge in [-0.2, -0.15) is 0 Å². The predicted octanol–water partition coefficient (Wildman–Crippen LogP) is 1.85. The van der Waals surface area contributed by atoms with Crippen LogP contribution < -0.4 is 0 Å². The molecule has 1 atom stereocenters. The van der Waals surface area contributed by atoms with Crippen molar-refractivity contribution in [3.63, 3.8) is 0 Å². The molecule has 1 fully saturated rings. The topological polar surface area (TPSA) is 29.5 Å². The minimum absolute atomic E-state index is 0.207. The second kappa shape index (κ2) is 5.08. The zero-order chi connectivity index (χ0) is 11.5. The van der Waals surface area contributed by atoms with E-state index in [1.165, 1.54) is 0 Å². The largest absolute Gasteiger partial charge is 0.376 e. The van der Waals surface area contributed by atoms with Gasteiger partial charge in [0.15, 0.2) is 0 Å². The summed E-state index contributed by atoms with van der Waals surface area (Å²) >= 11 is 0.